The molecule has 0 aliphatic carbocycles. The van der Waals surface area contributed by atoms with Crippen molar-refractivity contribution in [3.63, 3.8) is 0 Å². The highest BCUT2D eigenvalue weighted by molar-refractivity contribution is 5.76. The summed E-state index contributed by atoms with van der Waals surface area (Å²) in [5.41, 5.74) is 0. The maximum Gasteiger partial charge on any atom is 0.221 e. The van der Waals surface area contributed by atoms with Gasteiger partial charge in [-0.3, -0.25) is 4.79 Å². The van der Waals surface area contributed by atoms with E-state index < -0.39 is 0 Å². The molecule has 1 atom stereocenters. The van der Waals surface area contributed by atoms with Gasteiger partial charge in [-0.1, -0.05) is 32.3 Å². The van der Waals surface area contributed by atoms with Crippen LogP contribution < -0.4 is 10.6 Å². The number of hydrogen-bond acceptors (Lipinski definition) is 2. The van der Waals surface area contributed by atoms with Gasteiger partial charge in [0, 0.05) is 6.42 Å². The largest absolute Gasteiger partial charge is 0.372 e. The summed E-state index contributed by atoms with van der Waals surface area (Å²) in [5.74, 6) is 0.163. The summed E-state index contributed by atoms with van der Waals surface area (Å²) < 4.78 is 0. The van der Waals surface area contributed by atoms with E-state index in [9.17, 15) is 4.79 Å². The molecule has 1 heterocycles. The first-order chi connectivity index (χ1) is 7.33. The monoisotopic (exact) mass is 210 g/mol. The van der Waals surface area contributed by atoms with Gasteiger partial charge in [-0.25, -0.2) is 0 Å². The molecule has 3 heteroatoms. The molecule has 0 aromatic heterocycles. The molecule has 1 aliphatic heterocycles. The fourth-order valence-electron chi connectivity index (χ4n) is 1.95. The topological polar surface area (TPSA) is 41.1 Å². The van der Waals surface area contributed by atoms with Crippen LogP contribution in [0.4, 0.5) is 0 Å². The van der Waals surface area contributed by atoms with E-state index in [4.69, 9.17) is 0 Å². The number of carbonyl (C=O) groups is 1. The van der Waals surface area contributed by atoms with Gasteiger partial charge >= 0.3 is 0 Å². The molecule has 3 nitrogen and oxygen atoms in total. The molecule has 0 aromatic rings. The van der Waals surface area contributed by atoms with E-state index in [0.29, 0.717) is 6.42 Å². The number of rotatable bonds is 2. The third-order valence-corrected chi connectivity index (χ3v) is 2.80. The lowest BCUT2D eigenvalue weighted by atomic mass is 10.1. The zero-order valence-corrected chi connectivity index (χ0v) is 9.43. The summed E-state index contributed by atoms with van der Waals surface area (Å²) >= 11 is 0. The maximum absolute atomic E-state index is 11.5. The molecule has 86 valence electrons. The third kappa shape index (κ3) is 5.45. The highest BCUT2D eigenvalue weighted by atomic mass is 16.1. The molecule has 1 amide bonds. The zero-order chi connectivity index (χ0) is 10.9. The Balaban J connectivity index is 2.39. The van der Waals surface area contributed by atoms with E-state index >= 15 is 0 Å². The lowest BCUT2D eigenvalue weighted by Gasteiger charge is -2.18. The van der Waals surface area contributed by atoms with Crippen LogP contribution in [0, 0.1) is 0 Å². The molecule has 15 heavy (non-hydrogen) atoms. The summed E-state index contributed by atoms with van der Waals surface area (Å²) in [6, 6.07) is 0. The molecule has 0 bridgehead atoms. The van der Waals surface area contributed by atoms with Crippen LogP contribution in [-0.2, 0) is 4.79 Å². The molecule has 1 fully saturated rings. The molecule has 1 unspecified atom stereocenters. The van der Waals surface area contributed by atoms with Gasteiger partial charge in [0.25, 0.3) is 0 Å². The second-order valence-electron chi connectivity index (χ2n) is 4.15. The van der Waals surface area contributed by atoms with Crippen LogP contribution >= 0.6 is 0 Å². The van der Waals surface area contributed by atoms with E-state index in [0.717, 1.165) is 12.8 Å². The van der Waals surface area contributed by atoms with Gasteiger partial charge in [0.2, 0.25) is 5.91 Å². The van der Waals surface area contributed by atoms with Crippen molar-refractivity contribution in [1.29, 1.82) is 0 Å². The Labute approximate surface area is 92.3 Å². The lowest BCUT2D eigenvalue weighted by molar-refractivity contribution is -0.122. The first kappa shape index (κ1) is 12.1. The second-order valence-corrected chi connectivity index (χ2v) is 4.15. The first-order valence-corrected chi connectivity index (χ1v) is 5.99. The Bertz CT molecular complexity index is 204. The van der Waals surface area contributed by atoms with Crippen LogP contribution in [0.1, 0.15) is 51.4 Å². The summed E-state index contributed by atoms with van der Waals surface area (Å²) in [5, 5.41) is 6.08. The molecule has 1 aliphatic rings. The summed E-state index contributed by atoms with van der Waals surface area (Å²) in [4.78, 5) is 11.5. The van der Waals surface area contributed by atoms with Crippen molar-refractivity contribution in [3.05, 3.63) is 12.8 Å². The summed E-state index contributed by atoms with van der Waals surface area (Å²) in [7, 11) is 0. The maximum atomic E-state index is 11.5. The van der Waals surface area contributed by atoms with Crippen LogP contribution in [0.25, 0.3) is 0 Å². The molecule has 1 saturated heterocycles. The highest BCUT2D eigenvalue weighted by Gasteiger charge is 2.10. The number of nitrogens with one attached hydrogen (secondary N) is 2. The molecule has 0 radical (unpaired) electrons. The Morgan fingerprint density at radius 3 is 2.60 bits per heavy atom. The zero-order valence-electron chi connectivity index (χ0n) is 9.43. The van der Waals surface area contributed by atoms with Crippen LogP contribution in [0.5, 0.6) is 0 Å². The fraction of sp³-hybridized carbons (Fsp3) is 0.750. The van der Waals surface area contributed by atoms with Crippen LogP contribution in [0.3, 0.4) is 0 Å². The van der Waals surface area contributed by atoms with E-state index in [1.54, 1.807) is 6.20 Å². The molecule has 2 N–H and O–H groups in total. The van der Waals surface area contributed by atoms with Gasteiger partial charge in [0.15, 0.2) is 0 Å². The average molecular weight is 210 g/mol. The van der Waals surface area contributed by atoms with Crippen LogP contribution in [0.15, 0.2) is 12.8 Å². The fourth-order valence-corrected chi connectivity index (χ4v) is 1.95. The van der Waals surface area contributed by atoms with Crippen molar-refractivity contribution in [1.82, 2.24) is 10.6 Å². The van der Waals surface area contributed by atoms with E-state index in [1.807, 2.05) is 0 Å². The molecule has 1 rings (SSSR count). The predicted octanol–water partition coefficient (Wildman–Crippen LogP) is 2.30. The summed E-state index contributed by atoms with van der Waals surface area (Å²) in [6.07, 6.45) is 10.6. The average Bonchev–Trinajstić information content (AvgIpc) is 2.25. The van der Waals surface area contributed by atoms with Gasteiger partial charge in [-0.05, 0) is 25.5 Å². The van der Waals surface area contributed by atoms with E-state index in [2.05, 4.69) is 17.2 Å². The Kier molecular flexibility index (Phi) is 5.90. The lowest BCUT2D eigenvalue weighted by Crippen LogP contribution is -2.42. The van der Waals surface area contributed by atoms with Crippen LogP contribution in [-0.4, -0.2) is 12.1 Å². The quantitative estimate of drug-likeness (QED) is 0.734. The number of amides is 1. The Hall–Kier alpha value is -0.990. The number of carbonyl (C=O) groups excluding carboxylic acids is 1. The molecule has 0 saturated carbocycles. The minimum absolute atomic E-state index is 0.0769. The predicted molar refractivity (Wildman–Crippen MR) is 62.2 cm³/mol. The van der Waals surface area contributed by atoms with Gasteiger partial charge < -0.3 is 10.6 Å². The van der Waals surface area contributed by atoms with E-state index in [1.165, 1.54) is 32.1 Å². The minimum atomic E-state index is 0.0769. The van der Waals surface area contributed by atoms with E-state index in [-0.39, 0.29) is 12.1 Å². The summed E-state index contributed by atoms with van der Waals surface area (Å²) in [6.45, 7) is 3.63. The van der Waals surface area contributed by atoms with Crippen molar-refractivity contribution in [2.45, 2.75) is 57.5 Å². The van der Waals surface area contributed by atoms with Crippen molar-refractivity contribution in [2.24, 2.45) is 0 Å². The SMILES string of the molecule is C=CNC1CCCCCCCCC(=O)N1. The Morgan fingerprint density at radius 1 is 1.20 bits per heavy atom. The van der Waals surface area contributed by atoms with Gasteiger partial charge in [-0.15, -0.1) is 0 Å². The molecular weight excluding hydrogens is 188 g/mol. The third-order valence-electron chi connectivity index (χ3n) is 2.80. The second kappa shape index (κ2) is 7.32. The molecular formula is C12H22N2O. The first-order valence-electron chi connectivity index (χ1n) is 5.99. The van der Waals surface area contributed by atoms with Gasteiger partial charge in [0.05, 0.1) is 6.17 Å². The molecule has 0 aromatic carbocycles. The minimum Gasteiger partial charge on any atom is -0.372 e. The normalized spacial score (nSPS) is 24.8. The van der Waals surface area contributed by atoms with Crippen molar-refractivity contribution >= 4 is 5.91 Å². The Morgan fingerprint density at radius 2 is 1.87 bits per heavy atom. The van der Waals surface area contributed by atoms with Crippen LogP contribution in [0.2, 0.25) is 0 Å². The van der Waals surface area contributed by atoms with Gasteiger partial charge in [-0.2, -0.15) is 0 Å². The van der Waals surface area contributed by atoms with Crippen molar-refractivity contribution in [3.8, 4) is 0 Å². The highest BCUT2D eigenvalue weighted by Crippen LogP contribution is 2.11. The smallest absolute Gasteiger partial charge is 0.221 e. The van der Waals surface area contributed by atoms with Crippen molar-refractivity contribution < 1.29 is 4.79 Å². The standard InChI is InChI=1S/C12H22N2O/c1-2-13-11-9-7-5-3-4-6-8-10-12(15)14-11/h2,11,13H,1,3-10H2,(H,14,15). The molecule has 0 spiro atoms. The number of hydrogen-bond donors (Lipinski definition) is 2. The van der Waals surface area contributed by atoms with Crippen molar-refractivity contribution in [2.75, 3.05) is 0 Å². The van der Waals surface area contributed by atoms with Gasteiger partial charge in [0.1, 0.15) is 0 Å².